The van der Waals surface area contributed by atoms with Crippen LogP contribution in [0.15, 0.2) is 0 Å². The molecule has 4 heteroatoms. The first kappa shape index (κ1) is 12.5. The quantitative estimate of drug-likeness (QED) is 0.721. The molecule has 0 aromatic heterocycles. The number of hydrogen-bond donors (Lipinski definition) is 1. The Bertz CT molecular complexity index is 200. The molecule has 0 bridgehead atoms. The maximum absolute atomic E-state index is 11.3. The highest BCUT2D eigenvalue weighted by Gasteiger charge is 2.30. The summed E-state index contributed by atoms with van der Waals surface area (Å²) in [5.41, 5.74) is 0. The normalized spacial score (nSPS) is 25.1. The van der Waals surface area contributed by atoms with Gasteiger partial charge < -0.3 is 14.8 Å². The molecule has 15 heavy (non-hydrogen) atoms. The molecule has 1 N–H and O–H groups in total. The van der Waals surface area contributed by atoms with Gasteiger partial charge in [0.2, 0.25) is 5.91 Å². The second kappa shape index (κ2) is 6.08. The minimum absolute atomic E-state index is 0.0244. The van der Waals surface area contributed by atoms with E-state index in [9.17, 15) is 4.79 Å². The van der Waals surface area contributed by atoms with Gasteiger partial charge in [-0.15, -0.1) is 0 Å². The summed E-state index contributed by atoms with van der Waals surface area (Å²) in [4.78, 5) is 11.3. The zero-order valence-electron chi connectivity index (χ0n) is 9.79. The first-order chi connectivity index (χ1) is 7.11. The fraction of sp³-hybridized carbons (Fsp3) is 0.909. The minimum Gasteiger partial charge on any atom is -0.378 e. The molecule has 4 nitrogen and oxygen atoms in total. The number of ether oxygens (including phenoxy) is 2. The van der Waals surface area contributed by atoms with Crippen LogP contribution in [0.5, 0.6) is 0 Å². The molecule has 0 heterocycles. The summed E-state index contributed by atoms with van der Waals surface area (Å²) >= 11 is 0. The molecule has 1 rings (SSSR count). The molecule has 0 aromatic rings. The first-order valence-electron chi connectivity index (χ1n) is 5.64. The van der Waals surface area contributed by atoms with Crippen molar-refractivity contribution in [2.45, 2.75) is 51.9 Å². The van der Waals surface area contributed by atoms with Gasteiger partial charge in [-0.25, -0.2) is 0 Å². The Hall–Kier alpha value is -0.610. The molecule has 1 amide bonds. The lowest BCUT2D eigenvalue weighted by molar-refractivity contribution is -0.129. The minimum atomic E-state index is -0.0244. The van der Waals surface area contributed by atoms with E-state index < -0.39 is 0 Å². The van der Waals surface area contributed by atoms with Gasteiger partial charge in [-0.2, -0.15) is 0 Å². The van der Waals surface area contributed by atoms with E-state index in [2.05, 4.69) is 5.32 Å². The third-order valence-corrected chi connectivity index (χ3v) is 2.41. The van der Waals surface area contributed by atoms with Gasteiger partial charge in [0.25, 0.3) is 0 Å². The molecule has 0 spiro atoms. The number of hydrogen-bond acceptors (Lipinski definition) is 3. The highest BCUT2D eigenvalue weighted by molar-refractivity contribution is 5.77. The zero-order chi connectivity index (χ0) is 11.3. The Balaban J connectivity index is 2.03. The third-order valence-electron chi connectivity index (χ3n) is 2.41. The Morgan fingerprint density at radius 3 is 2.67 bits per heavy atom. The van der Waals surface area contributed by atoms with E-state index in [0.717, 1.165) is 19.4 Å². The van der Waals surface area contributed by atoms with E-state index >= 15 is 0 Å². The van der Waals surface area contributed by atoms with Gasteiger partial charge in [0, 0.05) is 12.6 Å². The molecule has 1 fully saturated rings. The standard InChI is InChI=1S/C11H21NO3/c1-4-14-10-5-9(6-10)12-11(13)7-15-8(2)3/h8-10H,4-7H2,1-3H3,(H,12,13). The third kappa shape index (κ3) is 4.62. The van der Waals surface area contributed by atoms with Crippen molar-refractivity contribution in [1.82, 2.24) is 5.32 Å². The molecule has 0 aliphatic heterocycles. The summed E-state index contributed by atoms with van der Waals surface area (Å²) in [6.07, 6.45) is 2.31. The van der Waals surface area contributed by atoms with Crippen molar-refractivity contribution in [1.29, 1.82) is 0 Å². The Kier molecular flexibility index (Phi) is 5.05. The van der Waals surface area contributed by atoms with E-state index in [1.54, 1.807) is 0 Å². The van der Waals surface area contributed by atoms with Crippen LogP contribution in [-0.4, -0.2) is 37.4 Å². The Labute approximate surface area is 91.3 Å². The molecule has 88 valence electrons. The van der Waals surface area contributed by atoms with E-state index in [-0.39, 0.29) is 24.7 Å². The molecular formula is C11H21NO3. The van der Waals surface area contributed by atoms with E-state index in [1.807, 2.05) is 20.8 Å². The van der Waals surface area contributed by atoms with Gasteiger partial charge in [0.05, 0.1) is 12.2 Å². The first-order valence-corrected chi connectivity index (χ1v) is 5.64. The second-order valence-electron chi connectivity index (χ2n) is 4.17. The van der Waals surface area contributed by atoms with Crippen LogP contribution in [0.2, 0.25) is 0 Å². The van der Waals surface area contributed by atoms with Crippen molar-refractivity contribution < 1.29 is 14.3 Å². The summed E-state index contributed by atoms with van der Waals surface area (Å²) < 4.78 is 10.6. The Morgan fingerprint density at radius 1 is 1.47 bits per heavy atom. The highest BCUT2D eigenvalue weighted by Crippen LogP contribution is 2.22. The SMILES string of the molecule is CCOC1CC(NC(=O)COC(C)C)C1. The number of carbonyl (C=O) groups is 1. The summed E-state index contributed by atoms with van der Waals surface area (Å²) in [6.45, 7) is 6.74. The maximum atomic E-state index is 11.3. The Morgan fingerprint density at radius 2 is 2.13 bits per heavy atom. The van der Waals surface area contributed by atoms with Gasteiger partial charge in [-0.05, 0) is 33.6 Å². The molecular weight excluding hydrogens is 194 g/mol. The molecule has 1 saturated carbocycles. The van der Waals surface area contributed by atoms with E-state index in [1.165, 1.54) is 0 Å². The van der Waals surface area contributed by atoms with Crippen LogP contribution in [0.3, 0.4) is 0 Å². The monoisotopic (exact) mass is 215 g/mol. The van der Waals surface area contributed by atoms with Crippen LogP contribution in [0.1, 0.15) is 33.6 Å². The second-order valence-corrected chi connectivity index (χ2v) is 4.17. The van der Waals surface area contributed by atoms with Crippen LogP contribution in [0, 0.1) is 0 Å². The van der Waals surface area contributed by atoms with Crippen molar-refractivity contribution in [3.63, 3.8) is 0 Å². The predicted octanol–water partition coefficient (Wildman–Crippen LogP) is 1.10. The van der Waals surface area contributed by atoms with Crippen molar-refractivity contribution in [2.75, 3.05) is 13.2 Å². The molecule has 0 aromatic carbocycles. The van der Waals surface area contributed by atoms with Crippen LogP contribution in [0.25, 0.3) is 0 Å². The van der Waals surface area contributed by atoms with Crippen LogP contribution in [0.4, 0.5) is 0 Å². The lowest BCUT2D eigenvalue weighted by Crippen LogP contribution is -2.48. The van der Waals surface area contributed by atoms with E-state index in [4.69, 9.17) is 9.47 Å². The molecule has 1 aliphatic carbocycles. The average molecular weight is 215 g/mol. The lowest BCUT2D eigenvalue weighted by atomic mass is 9.89. The molecule has 0 unspecified atom stereocenters. The average Bonchev–Trinajstić information content (AvgIpc) is 2.11. The van der Waals surface area contributed by atoms with Crippen LogP contribution < -0.4 is 5.32 Å². The fourth-order valence-corrected chi connectivity index (χ4v) is 1.57. The van der Waals surface area contributed by atoms with E-state index in [0.29, 0.717) is 6.10 Å². The smallest absolute Gasteiger partial charge is 0.246 e. The topological polar surface area (TPSA) is 47.6 Å². The summed E-state index contributed by atoms with van der Waals surface area (Å²) in [5, 5.41) is 2.92. The predicted molar refractivity (Wildman–Crippen MR) is 57.7 cm³/mol. The van der Waals surface area contributed by atoms with Crippen LogP contribution in [-0.2, 0) is 14.3 Å². The largest absolute Gasteiger partial charge is 0.378 e. The van der Waals surface area contributed by atoms with Crippen molar-refractivity contribution >= 4 is 5.91 Å². The number of nitrogens with one attached hydrogen (secondary N) is 1. The number of rotatable bonds is 6. The number of amides is 1. The molecule has 1 aliphatic rings. The van der Waals surface area contributed by atoms with Crippen molar-refractivity contribution in [3.8, 4) is 0 Å². The highest BCUT2D eigenvalue weighted by atomic mass is 16.5. The van der Waals surface area contributed by atoms with Crippen LogP contribution >= 0.6 is 0 Å². The fourth-order valence-electron chi connectivity index (χ4n) is 1.57. The lowest BCUT2D eigenvalue weighted by Gasteiger charge is -2.35. The van der Waals surface area contributed by atoms with Gasteiger partial charge in [-0.1, -0.05) is 0 Å². The van der Waals surface area contributed by atoms with Gasteiger partial charge in [-0.3, -0.25) is 4.79 Å². The van der Waals surface area contributed by atoms with Gasteiger partial charge in [0.1, 0.15) is 6.61 Å². The molecule has 0 saturated heterocycles. The number of carbonyl (C=O) groups excluding carboxylic acids is 1. The zero-order valence-corrected chi connectivity index (χ0v) is 9.79. The summed E-state index contributed by atoms with van der Waals surface area (Å²) in [5.74, 6) is -0.0244. The van der Waals surface area contributed by atoms with Crippen molar-refractivity contribution in [3.05, 3.63) is 0 Å². The molecule has 0 atom stereocenters. The van der Waals surface area contributed by atoms with Crippen molar-refractivity contribution in [2.24, 2.45) is 0 Å². The van der Waals surface area contributed by atoms with Gasteiger partial charge in [0.15, 0.2) is 0 Å². The summed E-state index contributed by atoms with van der Waals surface area (Å²) in [7, 11) is 0. The molecule has 0 radical (unpaired) electrons. The maximum Gasteiger partial charge on any atom is 0.246 e. The summed E-state index contributed by atoms with van der Waals surface area (Å²) in [6, 6.07) is 0.282. The van der Waals surface area contributed by atoms with Gasteiger partial charge >= 0.3 is 0 Å².